The van der Waals surface area contributed by atoms with Crippen LogP contribution in [-0.4, -0.2) is 54.5 Å². The number of anilines is 2. The van der Waals surface area contributed by atoms with Crippen LogP contribution in [0.15, 0.2) is 78.9 Å². The number of piperazine rings is 1. The first kappa shape index (κ1) is 23.9. The monoisotopic (exact) mass is 474 g/mol. The van der Waals surface area contributed by atoms with Crippen molar-refractivity contribution in [3.63, 3.8) is 0 Å². The van der Waals surface area contributed by atoms with Crippen LogP contribution in [0.4, 0.5) is 17.1 Å². The molecule has 1 heterocycles. The molecule has 9 nitrogen and oxygen atoms in total. The molecule has 1 aliphatic heterocycles. The lowest BCUT2D eigenvalue weighted by atomic mass is 10.2. The average Bonchev–Trinajstić information content (AvgIpc) is 2.89. The molecule has 35 heavy (non-hydrogen) atoms. The molecule has 0 spiro atoms. The molecule has 1 fully saturated rings. The zero-order valence-electron chi connectivity index (χ0n) is 19.1. The predicted molar refractivity (Wildman–Crippen MR) is 132 cm³/mol. The maximum atomic E-state index is 12.2. The number of para-hydroxylation sites is 1. The van der Waals surface area contributed by atoms with Gasteiger partial charge in [-0.05, 0) is 35.9 Å². The van der Waals surface area contributed by atoms with E-state index in [4.69, 9.17) is 4.74 Å². The van der Waals surface area contributed by atoms with Crippen molar-refractivity contribution in [2.24, 2.45) is 0 Å². The molecule has 0 radical (unpaired) electrons. The van der Waals surface area contributed by atoms with Crippen LogP contribution in [0.1, 0.15) is 15.9 Å². The number of hydrogen-bond acceptors (Lipinski definition) is 7. The number of benzene rings is 3. The summed E-state index contributed by atoms with van der Waals surface area (Å²) in [5.41, 5.74) is 2.40. The van der Waals surface area contributed by atoms with Gasteiger partial charge in [-0.1, -0.05) is 42.5 Å². The quantitative estimate of drug-likeness (QED) is 0.301. The Balaban J connectivity index is 1.24. The second-order valence-electron chi connectivity index (χ2n) is 8.19. The van der Waals surface area contributed by atoms with E-state index in [2.05, 4.69) is 39.4 Å². The van der Waals surface area contributed by atoms with Gasteiger partial charge in [0.25, 0.3) is 11.6 Å². The Morgan fingerprint density at radius 1 is 0.886 bits per heavy atom. The van der Waals surface area contributed by atoms with E-state index in [1.54, 1.807) is 12.1 Å². The topological polar surface area (TPSA) is 105 Å². The highest BCUT2D eigenvalue weighted by atomic mass is 16.6. The van der Waals surface area contributed by atoms with Gasteiger partial charge in [0.05, 0.1) is 4.92 Å². The van der Waals surface area contributed by atoms with Crippen molar-refractivity contribution in [3.8, 4) is 0 Å². The lowest BCUT2D eigenvalue weighted by Gasteiger charge is -2.36. The van der Waals surface area contributed by atoms with E-state index in [9.17, 15) is 19.7 Å². The van der Waals surface area contributed by atoms with Gasteiger partial charge < -0.3 is 15.0 Å². The first-order valence-corrected chi connectivity index (χ1v) is 11.3. The number of nitro benzene ring substituents is 1. The van der Waals surface area contributed by atoms with Crippen LogP contribution in [0.5, 0.6) is 0 Å². The SMILES string of the molecule is O=C(COC(=O)c1ccccc1[N+](=O)[O-])Nc1ccc(N2CCN(Cc3ccccc3)CC2)cc1. The Labute approximate surface area is 203 Å². The van der Waals surface area contributed by atoms with Crippen molar-refractivity contribution in [3.05, 3.63) is 100 Å². The molecule has 1 amide bonds. The third kappa shape index (κ3) is 6.42. The van der Waals surface area contributed by atoms with Gasteiger partial charge in [-0.2, -0.15) is 0 Å². The molecule has 9 heteroatoms. The van der Waals surface area contributed by atoms with Crippen molar-refractivity contribution in [2.45, 2.75) is 6.54 Å². The molecule has 0 bridgehead atoms. The summed E-state index contributed by atoms with van der Waals surface area (Å²) >= 11 is 0. The third-order valence-electron chi connectivity index (χ3n) is 5.79. The molecular formula is C26H26N4O5. The van der Waals surface area contributed by atoms with Gasteiger partial charge in [0, 0.05) is 50.2 Å². The number of esters is 1. The molecule has 3 aromatic carbocycles. The van der Waals surface area contributed by atoms with E-state index in [-0.39, 0.29) is 11.3 Å². The van der Waals surface area contributed by atoms with Crippen molar-refractivity contribution in [1.29, 1.82) is 0 Å². The minimum Gasteiger partial charge on any atom is -0.452 e. The highest BCUT2D eigenvalue weighted by Gasteiger charge is 2.21. The van der Waals surface area contributed by atoms with E-state index < -0.39 is 23.4 Å². The number of hydrogen-bond donors (Lipinski definition) is 1. The molecule has 1 aliphatic rings. The van der Waals surface area contributed by atoms with Crippen molar-refractivity contribution < 1.29 is 19.2 Å². The number of nitrogens with one attached hydrogen (secondary N) is 1. The Morgan fingerprint density at radius 3 is 2.23 bits per heavy atom. The van der Waals surface area contributed by atoms with Crippen LogP contribution in [0.2, 0.25) is 0 Å². The van der Waals surface area contributed by atoms with Crippen LogP contribution in [0.25, 0.3) is 0 Å². The largest absolute Gasteiger partial charge is 0.452 e. The zero-order valence-corrected chi connectivity index (χ0v) is 19.1. The molecule has 0 aromatic heterocycles. The van der Waals surface area contributed by atoms with Crippen molar-refractivity contribution in [1.82, 2.24) is 4.90 Å². The van der Waals surface area contributed by atoms with Gasteiger partial charge in [-0.25, -0.2) is 4.79 Å². The fourth-order valence-electron chi connectivity index (χ4n) is 3.97. The van der Waals surface area contributed by atoms with E-state index in [0.29, 0.717) is 5.69 Å². The average molecular weight is 475 g/mol. The van der Waals surface area contributed by atoms with Gasteiger partial charge >= 0.3 is 5.97 Å². The van der Waals surface area contributed by atoms with E-state index in [1.165, 1.54) is 29.8 Å². The second-order valence-corrected chi connectivity index (χ2v) is 8.19. The van der Waals surface area contributed by atoms with E-state index in [0.717, 1.165) is 38.4 Å². The normalized spacial score (nSPS) is 13.8. The first-order valence-electron chi connectivity index (χ1n) is 11.3. The summed E-state index contributed by atoms with van der Waals surface area (Å²) in [6, 6.07) is 23.4. The van der Waals surface area contributed by atoms with Gasteiger partial charge in [0.2, 0.25) is 0 Å². The van der Waals surface area contributed by atoms with Gasteiger partial charge in [-0.3, -0.25) is 19.8 Å². The molecule has 3 aromatic rings. The smallest absolute Gasteiger partial charge is 0.345 e. The van der Waals surface area contributed by atoms with E-state index >= 15 is 0 Å². The molecule has 0 saturated carbocycles. The van der Waals surface area contributed by atoms with Crippen LogP contribution < -0.4 is 10.2 Å². The number of ether oxygens (including phenoxy) is 1. The van der Waals surface area contributed by atoms with Gasteiger partial charge in [0.1, 0.15) is 5.56 Å². The number of rotatable bonds is 8. The van der Waals surface area contributed by atoms with Gasteiger partial charge in [0.15, 0.2) is 6.61 Å². The lowest BCUT2D eigenvalue weighted by Crippen LogP contribution is -2.45. The number of carbonyl (C=O) groups is 2. The Kier molecular flexibility index (Phi) is 7.69. The Bertz CT molecular complexity index is 1180. The molecular weight excluding hydrogens is 448 g/mol. The van der Waals surface area contributed by atoms with Crippen LogP contribution >= 0.6 is 0 Å². The molecule has 4 rings (SSSR count). The minimum atomic E-state index is -0.922. The molecule has 1 saturated heterocycles. The highest BCUT2D eigenvalue weighted by molar-refractivity contribution is 5.97. The summed E-state index contributed by atoms with van der Waals surface area (Å²) in [6.45, 7) is 4.18. The van der Waals surface area contributed by atoms with Crippen molar-refractivity contribution >= 4 is 28.9 Å². The predicted octanol–water partition coefficient (Wildman–Crippen LogP) is 3.71. The second kappa shape index (κ2) is 11.3. The summed E-state index contributed by atoms with van der Waals surface area (Å²) in [4.78, 5) is 39.5. The first-order chi connectivity index (χ1) is 17.0. The van der Waals surface area contributed by atoms with Gasteiger partial charge in [-0.15, -0.1) is 0 Å². The maximum Gasteiger partial charge on any atom is 0.345 e. The summed E-state index contributed by atoms with van der Waals surface area (Å²) in [6.07, 6.45) is 0. The molecule has 1 N–H and O–H groups in total. The van der Waals surface area contributed by atoms with Crippen LogP contribution in [0.3, 0.4) is 0 Å². The van der Waals surface area contributed by atoms with E-state index in [1.807, 2.05) is 18.2 Å². The fraction of sp³-hybridized carbons (Fsp3) is 0.231. The number of amides is 1. The molecule has 0 aliphatic carbocycles. The lowest BCUT2D eigenvalue weighted by molar-refractivity contribution is -0.385. The molecule has 180 valence electrons. The maximum absolute atomic E-state index is 12.2. The summed E-state index contributed by atoms with van der Waals surface area (Å²) in [5.74, 6) is -1.45. The summed E-state index contributed by atoms with van der Waals surface area (Å²) in [5, 5.41) is 13.7. The zero-order chi connectivity index (χ0) is 24.6. The highest BCUT2D eigenvalue weighted by Crippen LogP contribution is 2.21. The third-order valence-corrected chi connectivity index (χ3v) is 5.79. The number of nitrogens with zero attached hydrogens (tertiary/aromatic N) is 3. The summed E-state index contributed by atoms with van der Waals surface area (Å²) < 4.78 is 4.96. The Morgan fingerprint density at radius 2 is 1.54 bits per heavy atom. The fourth-order valence-corrected chi connectivity index (χ4v) is 3.97. The molecule has 0 unspecified atom stereocenters. The van der Waals surface area contributed by atoms with Crippen LogP contribution in [0, 0.1) is 10.1 Å². The number of nitro groups is 1. The minimum absolute atomic E-state index is 0.196. The van der Waals surface area contributed by atoms with Crippen LogP contribution in [-0.2, 0) is 16.1 Å². The summed E-state index contributed by atoms with van der Waals surface area (Å²) in [7, 11) is 0. The number of carbonyl (C=O) groups excluding carboxylic acids is 2. The standard InChI is InChI=1S/C26H26N4O5/c31-25(19-35-26(32)23-8-4-5-9-24(23)30(33)34)27-21-10-12-22(13-11-21)29-16-14-28(15-17-29)18-20-6-2-1-3-7-20/h1-13H,14-19H2,(H,27,31). The Hall–Kier alpha value is -4.24. The molecule has 0 atom stereocenters. The van der Waals surface area contributed by atoms with Crippen molar-refractivity contribution in [2.75, 3.05) is 43.0 Å².